The number of nitrogens with one attached hydrogen (secondary N) is 1. The smallest absolute Gasteiger partial charge is 0.320 e. The van der Waals surface area contributed by atoms with Gasteiger partial charge in [0.05, 0.1) is 5.69 Å². The number of aryl methyl sites for hydroxylation is 1. The third kappa shape index (κ3) is 3.71. The summed E-state index contributed by atoms with van der Waals surface area (Å²) < 4.78 is 1.62. The molecule has 0 saturated heterocycles. The van der Waals surface area contributed by atoms with E-state index in [-0.39, 0.29) is 5.91 Å². The molecule has 7 nitrogen and oxygen atoms in total. The summed E-state index contributed by atoms with van der Waals surface area (Å²) in [5.41, 5.74) is 5.50. The molecule has 0 bridgehead atoms. The van der Waals surface area contributed by atoms with Crippen molar-refractivity contribution < 1.29 is 14.7 Å². The Balaban J connectivity index is 1.57. The lowest BCUT2D eigenvalue weighted by molar-refractivity contribution is -0.139. The number of nitrogens with zero attached hydrogens (tertiary/aromatic N) is 3. The third-order valence-corrected chi connectivity index (χ3v) is 5.51. The Morgan fingerprint density at radius 3 is 2.67 bits per heavy atom. The van der Waals surface area contributed by atoms with Gasteiger partial charge >= 0.3 is 5.97 Å². The molecule has 30 heavy (non-hydrogen) atoms. The molecule has 1 aliphatic heterocycles. The lowest BCUT2D eigenvalue weighted by atomic mass is 9.98. The first-order valence-corrected chi connectivity index (χ1v) is 9.94. The molecule has 1 amide bonds. The van der Waals surface area contributed by atoms with E-state index >= 15 is 0 Å². The van der Waals surface area contributed by atoms with Gasteiger partial charge in [0.2, 0.25) is 0 Å². The maximum atomic E-state index is 13.2. The van der Waals surface area contributed by atoms with E-state index in [4.69, 9.17) is 5.11 Å². The monoisotopic (exact) mass is 404 g/mol. The van der Waals surface area contributed by atoms with Crippen LogP contribution in [0.15, 0.2) is 54.6 Å². The van der Waals surface area contributed by atoms with E-state index in [1.807, 2.05) is 30.3 Å². The number of fused-ring (bicyclic) bond motifs is 1. The van der Waals surface area contributed by atoms with Crippen LogP contribution in [0.2, 0.25) is 0 Å². The lowest BCUT2D eigenvalue weighted by Gasteiger charge is -2.16. The minimum atomic E-state index is -0.920. The van der Waals surface area contributed by atoms with Gasteiger partial charge in [-0.2, -0.15) is 5.10 Å². The van der Waals surface area contributed by atoms with Crippen LogP contribution < -0.4 is 10.2 Å². The van der Waals surface area contributed by atoms with E-state index < -0.39 is 12.0 Å². The highest BCUT2D eigenvalue weighted by molar-refractivity contribution is 6.06. The molecule has 2 N–H and O–H groups in total. The Morgan fingerprint density at radius 1 is 1.17 bits per heavy atom. The number of anilines is 1. The first-order chi connectivity index (χ1) is 14.5. The molecule has 0 fully saturated rings. The standard InChI is InChI=1S/C23H24N4O3/c1-15(23(29)30)24-14-17-13-20(25-26(17)2)22(28)27-12-11-19-18(9-6-10-21(19)27)16-7-4-3-5-8-16/h3-10,13,15,24H,11-12,14H2,1-2H3,(H,29,30)/t15-/m1/s1. The second kappa shape index (κ2) is 8.12. The van der Waals surface area contributed by atoms with Crippen molar-refractivity contribution in [3.8, 4) is 11.1 Å². The molecule has 1 aromatic heterocycles. The fourth-order valence-corrected chi connectivity index (χ4v) is 3.79. The largest absolute Gasteiger partial charge is 0.480 e. The Kier molecular flexibility index (Phi) is 5.37. The Bertz CT molecular complexity index is 1090. The van der Waals surface area contributed by atoms with Crippen LogP contribution in [-0.4, -0.2) is 39.4 Å². The molecule has 0 saturated carbocycles. The highest BCUT2D eigenvalue weighted by atomic mass is 16.4. The van der Waals surface area contributed by atoms with E-state index in [2.05, 4.69) is 28.6 Å². The van der Waals surface area contributed by atoms with Gasteiger partial charge in [0.1, 0.15) is 6.04 Å². The average Bonchev–Trinajstić information content (AvgIpc) is 3.35. The van der Waals surface area contributed by atoms with Gasteiger partial charge in [-0.05, 0) is 42.2 Å². The van der Waals surface area contributed by atoms with Crippen LogP contribution in [0.4, 0.5) is 5.69 Å². The van der Waals surface area contributed by atoms with Crippen molar-refractivity contribution in [2.24, 2.45) is 7.05 Å². The molecule has 4 rings (SSSR count). The highest BCUT2D eigenvalue weighted by Gasteiger charge is 2.29. The molecule has 0 radical (unpaired) electrons. The Labute approximate surface area is 174 Å². The van der Waals surface area contributed by atoms with E-state index in [1.165, 1.54) is 5.56 Å². The second-order valence-corrected chi connectivity index (χ2v) is 7.46. The number of amides is 1. The van der Waals surface area contributed by atoms with Crippen LogP contribution in [0.5, 0.6) is 0 Å². The summed E-state index contributed by atoms with van der Waals surface area (Å²) >= 11 is 0. The zero-order chi connectivity index (χ0) is 21.3. The van der Waals surface area contributed by atoms with E-state index in [0.717, 1.165) is 28.9 Å². The van der Waals surface area contributed by atoms with Crippen molar-refractivity contribution in [3.63, 3.8) is 0 Å². The maximum absolute atomic E-state index is 13.2. The minimum Gasteiger partial charge on any atom is -0.480 e. The lowest BCUT2D eigenvalue weighted by Crippen LogP contribution is -2.33. The van der Waals surface area contributed by atoms with E-state index in [0.29, 0.717) is 18.8 Å². The number of carboxylic acids is 1. The molecule has 0 unspecified atom stereocenters. The predicted octanol–water partition coefficient (Wildman–Crippen LogP) is 2.85. The molecule has 7 heteroatoms. The first kappa shape index (κ1) is 19.8. The summed E-state index contributed by atoms with van der Waals surface area (Å²) in [7, 11) is 1.75. The van der Waals surface area contributed by atoms with Gasteiger partial charge in [-0.1, -0.05) is 42.5 Å². The topological polar surface area (TPSA) is 87.5 Å². The fourth-order valence-electron chi connectivity index (χ4n) is 3.79. The van der Waals surface area contributed by atoms with Crippen molar-refractivity contribution in [2.45, 2.75) is 25.9 Å². The van der Waals surface area contributed by atoms with Crippen LogP contribution in [-0.2, 0) is 24.8 Å². The quantitative estimate of drug-likeness (QED) is 0.660. The number of carbonyl (C=O) groups is 2. The Hall–Kier alpha value is -3.45. The zero-order valence-corrected chi connectivity index (χ0v) is 17.0. The van der Waals surface area contributed by atoms with Crippen LogP contribution in [0.1, 0.15) is 28.7 Å². The van der Waals surface area contributed by atoms with E-state index in [9.17, 15) is 9.59 Å². The summed E-state index contributed by atoms with van der Waals surface area (Å²) in [5, 5.41) is 16.3. The molecule has 154 valence electrons. The van der Waals surface area contributed by atoms with Gasteiger partial charge in [0.25, 0.3) is 5.91 Å². The number of aliphatic carboxylic acids is 1. The number of carbonyl (C=O) groups excluding carboxylic acids is 1. The molecular weight excluding hydrogens is 380 g/mol. The summed E-state index contributed by atoms with van der Waals surface area (Å²) in [6.45, 7) is 2.51. The Morgan fingerprint density at radius 2 is 1.93 bits per heavy atom. The molecule has 1 aliphatic rings. The van der Waals surface area contributed by atoms with Gasteiger partial charge in [0, 0.05) is 25.8 Å². The average molecular weight is 404 g/mol. The van der Waals surface area contributed by atoms with Gasteiger partial charge in [0.15, 0.2) is 5.69 Å². The summed E-state index contributed by atoms with van der Waals surface area (Å²) in [6.07, 6.45) is 0.795. The summed E-state index contributed by atoms with van der Waals surface area (Å²) in [5.74, 6) is -1.07. The molecule has 1 atom stereocenters. The SMILES string of the molecule is C[C@@H](NCc1cc(C(=O)N2CCc3c(-c4ccccc4)cccc32)nn1C)C(=O)O. The number of aromatic nitrogens is 2. The van der Waals surface area contributed by atoms with Crippen molar-refractivity contribution in [1.82, 2.24) is 15.1 Å². The number of benzene rings is 2. The van der Waals surface area contributed by atoms with Crippen molar-refractivity contribution in [3.05, 3.63) is 71.5 Å². The fraction of sp³-hybridized carbons (Fsp3) is 0.261. The predicted molar refractivity (Wildman–Crippen MR) is 114 cm³/mol. The van der Waals surface area contributed by atoms with Crippen LogP contribution >= 0.6 is 0 Å². The first-order valence-electron chi connectivity index (χ1n) is 9.94. The molecule has 2 heterocycles. The number of hydrogen-bond donors (Lipinski definition) is 2. The van der Waals surface area contributed by atoms with Crippen LogP contribution in [0.3, 0.4) is 0 Å². The second-order valence-electron chi connectivity index (χ2n) is 7.46. The number of hydrogen-bond acceptors (Lipinski definition) is 4. The van der Waals surface area contributed by atoms with E-state index in [1.54, 1.807) is 29.6 Å². The normalized spacial score (nSPS) is 13.9. The van der Waals surface area contributed by atoms with Crippen molar-refractivity contribution >= 4 is 17.6 Å². The van der Waals surface area contributed by atoms with Gasteiger partial charge in [-0.25, -0.2) is 0 Å². The number of carboxylic acid groups (broad SMARTS) is 1. The van der Waals surface area contributed by atoms with Gasteiger partial charge in [-0.15, -0.1) is 0 Å². The zero-order valence-electron chi connectivity index (χ0n) is 17.0. The van der Waals surface area contributed by atoms with Gasteiger partial charge < -0.3 is 10.0 Å². The highest BCUT2D eigenvalue weighted by Crippen LogP contribution is 2.36. The molecule has 0 aliphatic carbocycles. The van der Waals surface area contributed by atoms with Crippen molar-refractivity contribution in [2.75, 3.05) is 11.4 Å². The molecular formula is C23H24N4O3. The minimum absolute atomic E-state index is 0.146. The van der Waals surface area contributed by atoms with Gasteiger partial charge in [-0.3, -0.25) is 19.6 Å². The van der Waals surface area contributed by atoms with Crippen LogP contribution in [0.25, 0.3) is 11.1 Å². The van der Waals surface area contributed by atoms with Crippen LogP contribution in [0, 0.1) is 0 Å². The van der Waals surface area contributed by atoms with Crippen molar-refractivity contribution in [1.29, 1.82) is 0 Å². The summed E-state index contributed by atoms with van der Waals surface area (Å²) in [4.78, 5) is 26.0. The molecule has 2 aromatic carbocycles. The number of rotatable bonds is 6. The molecule has 3 aromatic rings. The third-order valence-electron chi connectivity index (χ3n) is 5.51. The maximum Gasteiger partial charge on any atom is 0.320 e. The summed E-state index contributed by atoms with van der Waals surface area (Å²) in [6, 6.07) is 17.3. The molecule has 0 spiro atoms.